The Balaban J connectivity index is 2.09. The average molecular weight is 249 g/mol. The Kier molecular flexibility index (Phi) is 3.76. The van der Waals surface area contributed by atoms with E-state index in [2.05, 4.69) is 15.5 Å². The number of amides is 1. The Morgan fingerprint density at radius 3 is 2.50 bits per heavy atom. The first-order valence-electron chi connectivity index (χ1n) is 6.27. The summed E-state index contributed by atoms with van der Waals surface area (Å²) < 4.78 is 0. The van der Waals surface area contributed by atoms with E-state index in [1.165, 1.54) is 19.3 Å². The van der Waals surface area contributed by atoms with Crippen molar-refractivity contribution in [3.63, 3.8) is 0 Å². The number of hydrogen-bond donors (Lipinski definition) is 3. The molecule has 1 amide bonds. The molecule has 1 fully saturated rings. The third kappa shape index (κ3) is 2.76. The molecule has 98 valence electrons. The summed E-state index contributed by atoms with van der Waals surface area (Å²) in [4.78, 5) is 10.9. The molecule has 0 atom stereocenters. The van der Waals surface area contributed by atoms with Gasteiger partial charge < -0.3 is 16.8 Å². The highest BCUT2D eigenvalue weighted by Crippen LogP contribution is 2.30. The summed E-state index contributed by atoms with van der Waals surface area (Å²) in [6.07, 6.45) is 5.70. The summed E-state index contributed by atoms with van der Waals surface area (Å²) in [5.41, 5.74) is 11.1. The lowest BCUT2D eigenvalue weighted by molar-refractivity contribution is 0.0994. The van der Waals surface area contributed by atoms with Gasteiger partial charge >= 0.3 is 0 Å². The summed E-state index contributed by atoms with van der Waals surface area (Å²) in [6, 6.07) is 3.30. The maximum absolute atomic E-state index is 10.9. The fourth-order valence-electron chi connectivity index (χ4n) is 2.41. The molecule has 0 unspecified atom stereocenters. The van der Waals surface area contributed by atoms with E-state index in [0.717, 1.165) is 12.8 Å². The Morgan fingerprint density at radius 2 is 2.00 bits per heavy atom. The molecule has 1 aliphatic rings. The van der Waals surface area contributed by atoms with Crippen LogP contribution >= 0.6 is 0 Å². The zero-order valence-electron chi connectivity index (χ0n) is 10.4. The Bertz CT molecular complexity index is 411. The van der Waals surface area contributed by atoms with Crippen molar-refractivity contribution in [1.29, 1.82) is 0 Å². The predicted molar refractivity (Wildman–Crippen MR) is 69.0 cm³/mol. The molecule has 2 rings (SSSR count). The van der Waals surface area contributed by atoms with Gasteiger partial charge in [-0.15, -0.1) is 10.2 Å². The van der Waals surface area contributed by atoms with Gasteiger partial charge in [0.15, 0.2) is 5.69 Å². The van der Waals surface area contributed by atoms with Crippen LogP contribution in [0.25, 0.3) is 0 Å². The third-order valence-corrected chi connectivity index (χ3v) is 3.51. The first kappa shape index (κ1) is 12.8. The fourth-order valence-corrected chi connectivity index (χ4v) is 2.41. The van der Waals surface area contributed by atoms with Crippen LogP contribution in [0.2, 0.25) is 0 Å². The molecule has 1 heterocycles. The normalized spacial score (nSPS) is 18.3. The second kappa shape index (κ2) is 5.30. The molecule has 5 N–H and O–H groups in total. The second-order valence-electron chi connectivity index (χ2n) is 4.84. The van der Waals surface area contributed by atoms with Crippen LogP contribution in [-0.2, 0) is 0 Å². The van der Waals surface area contributed by atoms with Crippen LogP contribution < -0.4 is 16.8 Å². The first-order valence-corrected chi connectivity index (χ1v) is 6.27. The summed E-state index contributed by atoms with van der Waals surface area (Å²) in [5.74, 6) is 0.0765. The van der Waals surface area contributed by atoms with E-state index in [1.807, 2.05) is 0 Å². The van der Waals surface area contributed by atoms with Crippen molar-refractivity contribution in [3.05, 3.63) is 17.8 Å². The SMILES string of the molecule is NCC1(Nc2ccc(C(N)=O)nn2)CCCCC1. The van der Waals surface area contributed by atoms with Gasteiger partial charge in [0.25, 0.3) is 5.91 Å². The van der Waals surface area contributed by atoms with Crippen molar-refractivity contribution in [3.8, 4) is 0 Å². The lowest BCUT2D eigenvalue weighted by atomic mass is 9.82. The van der Waals surface area contributed by atoms with Crippen molar-refractivity contribution in [2.24, 2.45) is 11.5 Å². The number of rotatable bonds is 4. The molecule has 0 saturated heterocycles. The van der Waals surface area contributed by atoms with Gasteiger partial charge in [-0.3, -0.25) is 4.79 Å². The Hall–Kier alpha value is -1.69. The van der Waals surface area contributed by atoms with Gasteiger partial charge in [-0.25, -0.2) is 0 Å². The van der Waals surface area contributed by atoms with E-state index >= 15 is 0 Å². The van der Waals surface area contributed by atoms with E-state index in [-0.39, 0.29) is 11.2 Å². The molecule has 0 aliphatic heterocycles. The van der Waals surface area contributed by atoms with Crippen LogP contribution in [0.15, 0.2) is 12.1 Å². The molecule has 6 nitrogen and oxygen atoms in total. The summed E-state index contributed by atoms with van der Waals surface area (Å²) in [6.45, 7) is 0.576. The summed E-state index contributed by atoms with van der Waals surface area (Å²) >= 11 is 0. The molecule has 0 aromatic carbocycles. The monoisotopic (exact) mass is 249 g/mol. The maximum atomic E-state index is 10.9. The molecule has 1 aliphatic carbocycles. The number of nitrogens with one attached hydrogen (secondary N) is 1. The van der Waals surface area contributed by atoms with Crippen molar-refractivity contribution in [1.82, 2.24) is 10.2 Å². The van der Waals surface area contributed by atoms with Gasteiger partial charge in [-0.1, -0.05) is 19.3 Å². The Morgan fingerprint density at radius 1 is 1.28 bits per heavy atom. The van der Waals surface area contributed by atoms with E-state index in [1.54, 1.807) is 12.1 Å². The number of nitrogens with zero attached hydrogens (tertiary/aromatic N) is 2. The second-order valence-corrected chi connectivity index (χ2v) is 4.84. The minimum atomic E-state index is -0.569. The number of carbonyl (C=O) groups is 1. The lowest BCUT2D eigenvalue weighted by Gasteiger charge is -2.37. The van der Waals surface area contributed by atoms with Gasteiger partial charge in [-0.05, 0) is 25.0 Å². The van der Waals surface area contributed by atoms with Crippen LogP contribution in [-0.4, -0.2) is 28.2 Å². The predicted octanol–water partition coefficient (Wildman–Crippen LogP) is 0.649. The zero-order valence-corrected chi connectivity index (χ0v) is 10.4. The molecule has 1 aromatic heterocycles. The number of hydrogen-bond acceptors (Lipinski definition) is 5. The minimum Gasteiger partial charge on any atom is -0.364 e. The molecule has 0 bridgehead atoms. The topological polar surface area (TPSA) is 107 Å². The van der Waals surface area contributed by atoms with Crippen LogP contribution in [0.4, 0.5) is 5.82 Å². The van der Waals surface area contributed by atoms with Crippen molar-refractivity contribution in [2.45, 2.75) is 37.6 Å². The van der Waals surface area contributed by atoms with E-state index in [0.29, 0.717) is 12.4 Å². The van der Waals surface area contributed by atoms with Gasteiger partial charge in [0, 0.05) is 6.54 Å². The largest absolute Gasteiger partial charge is 0.364 e. The quantitative estimate of drug-likeness (QED) is 0.726. The third-order valence-electron chi connectivity index (χ3n) is 3.51. The molecule has 1 saturated carbocycles. The van der Waals surface area contributed by atoms with E-state index in [9.17, 15) is 4.79 Å². The van der Waals surface area contributed by atoms with E-state index in [4.69, 9.17) is 11.5 Å². The van der Waals surface area contributed by atoms with Crippen molar-refractivity contribution < 1.29 is 4.79 Å². The highest BCUT2D eigenvalue weighted by molar-refractivity contribution is 5.90. The number of aromatic nitrogens is 2. The molecule has 6 heteroatoms. The van der Waals surface area contributed by atoms with Gasteiger partial charge in [0.1, 0.15) is 5.82 Å². The molecular weight excluding hydrogens is 230 g/mol. The first-order chi connectivity index (χ1) is 8.65. The highest BCUT2D eigenvalue weighted by Gasteiger charge is 2.30. The van der Waals surface area contributed by atoms with Gasteiger partial charge in [0.05, 0.1) is 5.54 Å². The smallest absolute Gasteiger partial charge is 0.269 e. The number of nitrogens with two attached hydrogens (primary N) is 2. The summed E-state index contributed by atoms with van der Waals surface area (Å²) in [5, 5.41) is 11.1. The fraction of sp³-hybridized carbons (Fsp3) is 0.583. The van der Waals surface area contributed by atoms with Crippen LogP contribution in [0, 0.1) is 0 Å². The molecule has 1 aromatic rings. The molecule has 0 radical (unpaired) electrons. The number of anilines is 1. The highest BCUT2D eigenvalue weighted by atomic mass is 16.1. The maximum Gasteiger partial charge on any atom is 0.269 e. The van der Waals surface area contributed by atoms with Crippen LogP contribution in [0.3, 0.4) is 0 Å². The molecule has 0 spiro atoms. The zero-order chi connectivity index (χ0) is 13.0. The van der Waals surface area contributed by atoms with E-state index < -0.39 is 5.91 Å². The minimum absolute atomic E-state index is 0.0822. The number of primary amides is 1. The van der Waals surface area contributed by atoms with Crippen LogP contribution in [0.1, 0.15) is 42.6 Å². The lowest BCUT2D eigenvalue weighted by Crippen LogP contribution is -2.47. The number of carbonyl (C=O) groups excluding carboxylic acids is 1. The van der Waals surface area contributed by atoms with Crippen molar-refractivity contribution in [2.75, 3.05) is 11.9 Å². The molecule has 18 heavy (non-hydrogen) atoms. The summed E-state index contributed by atoms with van der Waals surface area (Å²) in [7, 11) is 0. The standard InChI is InChI=1S/C12H19N5O/c13-8-12(6-2-1-3-7-12)15-10-5-4-9(11(14)18)16-17-10/h4-5H,1-3,6-8,13H2,(H2,14,18)(H,15,17). The molecular formula is C12H19N5O. The van der Waals surface area contributed by atoms with Gasteiger partial charge in [-0.2, -0.15) is 0 Å². The average Bonchev–Trinajstić information content (AvgIpc) is 2.40. The van der Waals surface area contributed by atoms with Gasteiger partial charge in [0.2, 0.25) is 0 Å². The Labute approximate surface area is 106 Å². The van der Waals surface area contributed by atoms with Crippen molar-refractivity contribution >= 4 is 11.7 Å². The van der Waals surface area contributed by atoms with Crippen LogP contribution in [0.5, 0.6) is 0 Å².